The molecule has 1 N–H and O–H groups in total. The Balaban J connectivity index is 2.02. The van der Waals surface area contributed by atoms with Crippen LogP contribution in [0.25, 0.3) is 0 Å². The molecule has 2 aromatic carbocycles. The van der Waals surface area contributed by atoms with Crippen LogP contribution in [0.4, 0.5) is 0 Å². The maximum Gasteiger partial charge on any atom is 0.255 e. The summed E-state index contributed by atoms with van der Waals surface area (Å²) in [5.74, 6) is 0.512. The number of carbonyl (C=O) groups is 2. The van der Waals surface area contributed by atoms with Crippen molar-refractivity contribution >= 4 is 23.4 Å². The van der Waals surface area contributed by atoms with E-state index in [0.717, 1.165) is 5.56 Å². The van der Waals surface area contributed by atoms with Crippen LogP contribution in [0.1, 0.15) is 61.1 Å². The Morgan fingerprint density at radius 1 is 1.13 bits per heavy atom. The topological polar surface area (TPSA) is 67.9 Å². The average Bonchev–Trinajstić information content (AvgIpc) is 2.97. The highest BCUT2D eigenvalue weighted by Gasteiger charge is 2.43. The van der Waals surface area contributed by atoms with E-state index in [2.05, 4.69) is 5.32 Å². The van der Waals surface area contributed by atoms with Crippen LogP contribution in [-0.2, 0) is 4.79 Å². The summed E-state index contributed by atoms with van der Waals surface area (Å²) in [5.41, 5.74) is 1.67. The van der Waals surface area contributed by atoms with Gasteiger partial charge in [-0.05, 0) is 56.5 Å². The number of halogens is 1. The van der Waals surface area contributed by atoms with Gasteiger partial charge in [-0.2, -0.15) is 0 Å². The minimum absolute atomic E-state index is 0.00394. The van der Waals surface area contributed by atoms with Gasteiger partial charge in [0.1, 0.15) is 6.04 Å². The minimum atomic E-state index is -0.753. The third kappa shape index (κ3) is 4.79. The number of nitrogens with one attached hydrogen (secondary N) is 1. The number of hydrogen-bond acceptors (Lipinski definition) is 4. The highest BCUT2D eigenvalue weighted by Crippen LogP contribution is 2.41. The van der Waals surface area contributed by atoms with E-state index >= 15 is 0 Å². The van der Waals surface area contributed by atoms with Crippen LogP contribution in [0, 0.1) is 0 Å². The number of carbonyl (C=O) groups excluding carboxylic acids is 2. The van der Waals surface area contributed by atoms with Crippen molar-refractivity contribution in [3.63, 3.8) is 0 Å². The van der Waals surface area contributed by atoms with Gasteiger partial charge >= 0.3 is 0 Å². The lowest BCUT2D eigenvalue weighted by Gasteiger charge is -2.30. The lowest BCUT2D eigenvalue weighted by atomic mass is 9.99. The molecule has 0 aliphatic carbocycles. The fraction of sp³-hybridized carbons (Fsp3) is 0.417. The van der Waals surface area contributed by atoms with Crippen LogP contribution in [0.2, 0.25) is 5.02 Å². The maximum atomic E-state index is 13.4. The van der Waals surface area contributed by atoms with Gasteiger partial charge in [-0.1, -0.05) is 30.7 Å². The SMILES string of the molecule is COc1cc2c(cc1OC)C(C(=O)NC(C)(C)C)N(CC(C)c1ccc(Cl)cc1)C2=O. The second kappa shape index (κ2) is 8.79. The molecular formula is C24H29ClN2O4. The summed E-state index contributed by atoms with van der Waals surface area (Å²) < 4.78 is 10.8. The Hall–Kier alpha value is -2.73. The first-order valence-electron chi connectivity index (χ1n) is 10.2. The van der Waals surface area contributed by atoms with E-state index in [9.17, 15) is 9.59 Å². The number of hydrogen-bond donors (Lipinski definition) is 1. The molecule has 0 aromatic heterocycles. The standard InChI is InChI=1S/C24H29ClN2O4/c1-14(15-7-9-16(25)10-8-15)13-27-21(22(28)26-24(2,3)4)17-11-19(30-5)20(31-6)12-18(17)23(27)29/h7-12,14,21H,13H2,1-6H3,(H,26,28). The van der Waals surface area contributed by atoms with Gasteiger partial charge in [0.05, 0.1) is 14.2 Å². The van der Waals surface area contributed by atoms with Gasteiger partial charge in [0.25, 0.3) is 5.91 Å². The van der Waals surface area contributed by atoms with Gasteiger partial charge in [0.15, 0.2) is 11.5 Å². The molecule has 0 bridgehead atoms. The van der Waals surface area contributed by atoms with Crippen molar-refractivity contribution in [2.24, 2.45) is 0 Å². The van der Waals surface area contributed by atoms with E-state index in [1.54, 1.807) is 17.0 Å². The van der Waals surface area contributed by atoms with Gasteiger partial charge < -0.3 is 19.7 Å². The predicted molar refractivity (Wildman–Crippen MR) is 121 cm³/mol. The molecule has 7 heteroatoms. The van der Waals surface area contributed by atoms with Crippen molar-refractivity contribution < 1.29 is 19.1 Å². The molecule has 3 rings (SSSR count). The number of ether oxygens (including phenoxy) is 2. The molecule has 0 spiro atoms. The Morgan fingerprint density at radius 3 is 2.26 bits per heavy atom. The van der Waals surface area contributed by atoms with E-state index in [1.165, 1.54) is 14.2 Å². The van der Waals surface area contributed by atoms with Crippen molar-refractivity contribution in [1.82, 2.24) is 10.2 Å². The van der Waals surface area contributed by atoms with Crippen molar-refractivity contribution in [2.75, 3.05) is 20.8 Å². The first kappa shape index (κ1) is 22.9. The van der Waals surface area contributed by atoms with E-state index in [-0.39, 0.29) is 17.7 Å². The molecule has 0 fully saturated rings. The zero-order valence-electron chi connectivity index (χ0n) is 18.8. The third-order valence-corrected chi connectivity index (χ3v) is 5.56. The highest BCUT2D eigenvalue weighted by molar-refractivity contribution is 6.30. The van der Waals surface area contributed by atoms with Crippen molar-refractivity contribution in [3.8, 4) is 11.5 Å². The second-order valence-corrected chi connectivity index (χ2v) is 9.28. The number of fused-ring (bicyclic) bond motifs is 1. The van der Waals surface area contributed by atoms with Crippen LogP contribution >= 0.6 is 11.6 Å². The zero-order valence-corrected chi connectivity index (χ0v) is 19.5. The van der Waals surface area contributed by atoms with Crippen LogP contribution in [0.3, 0.4) is 0 Å². The largest absolute Gasteiger partial charge is 0.493 e. The fourth-order valence-electron chi connectivity index (χ4n) is 3.85. The lowest BCUT2D eigenvalue weighted by Crippen LogP contribution is -2.47. The second-order valence-electron chi connectivity index (χ2n) is 8.85. The van der Waals surface area contributed by atoms with Gasteiger partial charge in [-0.15, -0.1) is 0 Å². The minimum Gasteiger partial charge on any atom is -0.493 e. The summed E-state index contributed by atoms with van der Waals surface area (Å²) in [7, 11) is 3.06. The lowest BCUT2D eigenvalue weighted by molar-refractivity contribution is -0.127. The zero-order chi connectivity index (χ0) is 22.9. The average molecular weight is 445 g/mol. The quantitative estimate of drug-likeness (QED) is 0.708. The molecule has 2 aromatic rings. The molecule has 6 nitrogen and oxygen atoms in total. The Labute approximate surface area is 188 Å². The molecule has 0 saturated heterocycles. The number of benzene rings is 2. The number of rotatable bonds is 6. The van der Waals surface area contributed by atoms with Gasteiger partial charge in [-0.3, -0.25) is 9.59 Å². The van der Waals surface area contributed by atoms with Crippen LogP contribution in [-0.4, -0.2) is 43.0 Å². The number of nitrogens with zero attached hydrogens (tertiary/aromatic N) is 1. The summed E-state index contributed by atoms with van der Waals surface area (Å²) in [6.07, 6.45) is 0. The summed E-state index contributed by atoms with van der Waals surface area (Å²) in [6.45, 7) is 8.15. The Bertz CT molecular complexity index is 982. The van der Waals surface area contributed by atoms with E-state index in [1.807, 2.05) is 52.0 Å². The Kier molecular flexibility index (Phi) is 6.51. The first-order valence-corrected chi connectivity index (χ1v) is 10.6. The number of amides is 2. The molecule has 2 atom stereocenters. The van der Waals surface area contributed by atoms with Gasteiger partial charge in [0.2, 0.25) is 5.91 Å². The summed E-state index contributed by atoms with van der Waals surface area (Å²) in [5, 5.41) is 3.67. The third-order valence-electron chi connectivity index (χ3n) is 5.31. The van der Waals surface area contributed by atoms with Crippen molar-refractivity contribution in [2.45, 2.75) is 45.2 Å². The van der Waals surface area contributed by atoms with Crippen LogP contribution in [0.5, 0.6) is 11.5 Å². The molecule has 1 aliphatic heterocycles. The Morgan fingerprint density at radius 2 is 1.71 bits per heavy atom. The van der Waals surface area contributed by atoms with E-state index < -0.39 is 11.6 Å². The summed E-state index contributed by atoms with van der Waals surface area (Å²) >= 11 is 6.01. The smallest absolute Gasteiger partial charge is 0.255 e. The molecule has 2 amide bonds. The molecule has 0 saturated carbocycles. The fourth-order valence-corrected chi connectivity index (χ4v) is 3.97. The predicted octanol–water partition coefficient (Wildman–Crippen LogP) is 4.57. The van der Waals surface area contributed by atoms with E-state index in [4.69, 9.17) is 21.1 Å². The van der Waals surface area contributed by atoms with Crippen LogP contribution < -0.4 is 14.8 Å². The normalized spacial score (nSPS) is 16.7. The van der Waals surface area contributed by atoms with Crippen molar-refractivity contribution in [1.29, 1.82) is 0 Å². The number of methoxy groups -OCH3 is 2. The summed E-state index contributed by atoms with van der Waals surface area (Å²) in [4.78, 5) is 28.3. The molecule has 2 unspecified atom stereocenters. The van der Waals surface area contributed by atoms with E-state index in [0.29, 0.717) is 34.2 Å². The molecular weight excluding hydrogens is 416 g/mol. The first-order chi connectivity index (χ1) is 14.6. The molecule has 166 valence electrons. The molecule has 1 aliphatic rings. The van der Waals surface area contributed by atoms with Crippen LogP contribution in [0.15, 0.2) is 36.4 Å². The summed E-state index contributed by atoms with van der Waals surface area (Å²) in [6, 6.07) is 10.2. The monoisotopic (exact) mass is 444 g/mol. The van der Waals surface area contributed by atoms with Gasteiger partial charge in [-0.25, -0.2) is 0 Å². The molecule has 1 heterocycles. The maximum absolute atomic E-state index is 13.4. The van der Waals surface area contributed by atoms with Gasteiger partial charge in [0, 0.05) is 28.2 Å². The van der Waals surface area contributed by atoms with Crippen molar-refractivity contribution in [3.05, 3.63) is 58.1 Å². The molecule has 31 heavy (non-hydrogen) atoms. The molecule has 0 radical (unpaired) electrons. The highest BCUT2D eigenvalue weighted by atomic mass is 35.5.